The monoisotopic (exact) mass is 321 g/mol. The summed E-state index contributed by atoms with van der Waals surface area (Å²) in [7, 11) is 0. The van der Waals surface area contributed by atoms with E-state index in [1.165, 1.54) is 0 Å². The Morgan fingerprint density at radius 3 is 1.90 bits per heavy atom. The van der Waals surface area contributed by atoms with E-state index in [0.717, 1.165) is 6.42 Å². The summed E-state index contributed by atoms with van der Waals surface area (Å²) in [5, 5.41) is 8.85. The van der Waals surface area contributed by atoms with Crippen molar-refractivity contribution in [2.24, 2.45) is 5.92 Å². The van der Waals surface area contributed by atoms with Crippen LogP contribution in [-0.4, -0.2) is 47.5 Å². The van der Waals surface area contributed by atoms with E-state index in [2.05, 4.69) is 0 Å². The minimum absolute atomic E-state index is 0.355. The summed E-state index contributed by atoms with van der Waals surface area (Å²) >= 11 is 0. The molecule has 0 bridgehead atoms. The number of carbonyl (C=O) groups excluding carboxylic acids is 1. The molecule has 0 unspecified atom stereocenters. The summed E-state index contributed by atoms with van der Waals surface area (Å²) in [4.78, 5) is 12.3. The highest BCUT2D eigenvalue weighted by atomic mass is 19.4. The van der Waals surface area contributed by atoms with Gasteiger partial charge in [-0.1, -0.05) is 19.3 Å². The zero-order valence-corrected chi connectivity index (χ0v) is 11.2. The number of aliphatic hydroxyl groups excluding tert-OH is 1. The molecule has 1 rings (SSSR count). The smallest absolute Gasteiger partial charge is 0.395 e. The largest absolute Gasteiger partial charge is 0.409 e. The molecule has 1 saturated carbocycles. The van der Waals surface area contributed by atoms with Gasteiger partial charge in [-0.15, -0.1) is 0 Å². The number of alkyl halides is 6. The summed E-state index contributed by atoms with van der Waals surface area (Å²) < 4.78 is 75.6. The average Bonchev–Trinajstić information content (AvgIpc) is 2.33. The van der Waals surface area contributed by atoms with Crippen LogP contribution in [0.2, 0.25) is 0 Å². The van der Waals surface area contributed by atoms with Gasteiger partial charge in [-0.05, 0) is 12.8 Å². The van der Waals surface area contributed by atoms with Crippen LogP contribution in [0.4, 0.5) is 26.3 Å². The second-order valence-corrected chi connectivity index (χ2v) is 5.06. The highest BCUT2D eigenvalue weighted by Crippen LogP contribution is 2.41. The fraction of sp³-hybridized carbons (Fsp3) is 0.917. The van der Waals surface area contributed by atoms with E-state index >= 15 is 0 Å². The fourth-order valence-corrected chi connectivity index (χ4v) is 2.60. The Morgan fingerprint density at radius 2 is 1.52 bits per heavy atom. The van der Waals surface area contributed by atoms with E-state index in [0.29, 0.717) is 30.6 Å². The first-order valence-corrected chi connectivity index (χ1v) is 6.63. The zero-order chi connectivity index (χ0) is 16.3. The fourth-order valence-electron chi connectivity index (χ4n) is 2.60. The molecular weight excluding hydrogens is 304 g/mol. The van der Waals surface area contributed by atoms with Crippen LogP contribution in [0.3, 0.4) is 0 Å². The molecule has 1 aliphatic carbocycles. The molecule has 0 aromatic heterocycles. The molecule has 3 nitrogen and oxygen atoms in total. The van der Waals surface area contributed by atoms with Crippen molar-refractivity contribution >= 4 is 5.91 Å². The molecular formula is C12H17F6NO2. The lowest BCUT2D eigenvalue weighted by atomic mass is 9.93. The van der Waals surface area contributed by atoms with E-state index in [9.17, 15) is 31.1 Å². The van der Waals surface area contributed by atoms with Gasteiger partial charge < -0.3 is 10.0 Å². The third-order valence-corrected chi connectivity index (χ3v) is 3.54. The van der Waals surface area contributed by atoms with Gasteiger partial charge in [0.2, 0.25) is 11.8 Å². The Balaban J connectivity index is 3.01. The van der Waals surface area contributed by atoms with Gasteiger partial charge >= 0.3 is 12.4 Å². The molecule has 21 heavy (non-hydrogen) atoms. The van der Waals surface area contributed by atoms with Gasteiger partial charge in [0.1, 0.15) is 0 Å². The maximum atomic E-state index is 12.6. The Morgan fingerprint density at radius 1 is 1.05 bits per heavy atom. The Hall–Kier alpha value is -0.990. The summed E-state index contributed by atoms with van der Waals surface area (Å²) in [6, 6.07) is -0.675. The Bertz CT molecular complexity index is 335. The zero-order valence-electron chi connectivity index (χ0n) is 11.2. The maximum Gasteiger partial charge on any atom is 0.409 e. The molecule has 1 amide bonds. The summed E-state index contributed by atoms with van der Waals surface area (Å²) in [5.74, 6) is -6.05. The van der Waals surface area contributed by atoms with E-state index in [-0.39, 0.29) is 0 Å². The van der Waals surface area contributed by atoms with Gasteiger partial charge in [-0.25, -0.2) is 0 Å². The lowest BCUT2D eigenvalue weighted by Gasteiger charge is -2.37. The van der Waals surface area contributed by atoms with Crippen LogP contribution in [0, 0.1) is 5.92 Å². The van der Waals surface area contributed by atoms with Crippen LogP contribution < -0.4 is 0 Å². The first kappa shape index (κ1) is 18.1. The van der Waals surface area contributed by atoms with Crippen molar-refractivity contribution in [1.82, 2.24) is 4.90 Å². The molecule has 0 atom stereocenters. The van der Waals surface area contributed by atoms with Crippen molar-refractivity contribution in [2.45, 2.75) is 50.5 Å². The Kier molecular flexibility index (Phi) is 5.89. The van der Waals surface area contributed by atoms with Crippen LogP contribution in [0.25, 0.3) is 0 Å². The lowest BCUT2D eigenvalue weighted by Crippen LogP contribution is -2.53. The van der Waals surface area contributed by atoms with Crippen molar-refractivity contribution in [2.75, 3.05) is 13.2 Å². The molecule has 9 heteroatoms. The molecule has 0 aromatic rings. The molecule has 1 aliphatic rings. The van der Waals surface area contributed by atoms with Crippen LogP contribution in [0.15, 0.2) is 0 Å². The van der Waals surface area contributed by atoms with Gasteiger partial charge in [0, 0.05) is 12.6 Å². The van der Waals surface area contributed by atoms with Crippen molar-refractivity contribution in [3.05, 3.63) is 0 Å². The number of aliphatic hydroxyl groups is 1. The molecule has 0 aromatic carbocycles. The van der Waals surface area contributed by atoms with Crippen molar-refractivity contribution in [3.63, 3.8) is 0 Å². The lowest BCUT2D eigenvalue weighted by molar-refractivity contribution is -0.278. The third-order valence-electron chi connectivity index (χ3n) is 3.54. The van der Waals surface area contributed by atoms with Crippen LogP contribution >= 0.6 is 0 Å². The van der Waals surface area contributed by atoms with Gasteiger partial charge in [-0.3, -0.25) is 4.79 Å². The number of rotatable bonds is 4. The van der Waals surface area contributed by atoms with Crippen molar-refractivity contribution < 1.29 is 36.2 Å². The highest BCUT2D eigenvalue weighted by molar-refractivity contribution is 5.80. The number of halogens is 6. The highest BCUT2D eigenvalue weighted by Gasteiger charge is 2.62. The maximum absolute atomic E-state index is 12.6. The molecule has 0 spiro atoms. The van der Waals surface area contributed by atoms with Crippen molar-refractivity contribution in [3.8, 4) is 0 Å². The molecule has 1 fully saturated rings. The standard InChI is InChI=1S/C12H17F6NO2/c13-11(14,15)9(12(16,17)18)10(21)19(6-7-20)8-4-2-1-3-5-8/h8-9,20H,1-7H2. The second-order valence-electron chi connectivity index (χ2n) is 5.06. The van der Waals surface area contributed by atoms with Gasteiger partial charge in [0.25, 0.3) is 0 Å². The quantitative estimate of drug-likeness (QED) is 0.809. The predicted octanol–water partition coefficient (Wildman–Crippen LogP) is 2.88. The van der Waals surface area contributed by atoms with E-state index in [1.54, 1.807) is 0 Å². The van der Waals surface area contributed by atoms with E-state index in [1.807, 2.05) is 0 Å². The molecule has 1 N–H and O–H groups in total. The van der Waals surface area contributed by atoms with Crippen LogP contribution in [0.5, 0.6) is 0 Å². The minimum atomic E-state index is -5.70. The third kappa shape index (κ3) is 4.76. The molecule has 0 heterocycles. The second kappa shape index (κ2) is 6.85. The molecule has 0 saturated heterocycles. The summed E-state index contributed by atoms with van der Waals surface area (Å²) in [5.41, 5.74) is 0. The number of amides is 1. The molecule has 124 valence electrons. The van der Waals surface area contributed by atoms with E-state index < -0.39 is 43.4 Å². The van der Waals surface area contributed by atoms with Gasteiger partial charge in [0.05, 0.1) is 6.61 Å². The van der Waals surface area contributed by atoms with Crippen LogP contribution in [-0.2, 0) is 4.79 Å². The normalized spacial score (nSPS) is 18.1. The molecule has 0 aliphatic heterocycles. The van der Waals surface area contributed by atoms with Gasteiger partial charge in [0.15, 0.2) is 0 Å². The Labute approximate surface area is 117 Å². The SMILES string of the molecule is O=C(C(C(F)(F)F)C(F)(F)F)N(CCO)C1CCCCC1. The average molecular weight is 321 g/mol. The first-order chi connectivity index (χ1) is 9.59. The number of hydrogen-bond acceptors (Lipinski definition) is 2. The topological polar surface area (TPSA) is 40.5 Å². The van der Waals surface area contributed by atoms with E-state index in [4.69, 9.17) is 5.11 Å². The van der Waals surface area contributed by atoms with Crippen molar-refractivity contribution in [1.29, 1.82) is 0 Å². The number of carbonyl (C=O) groups is 1. The van der Waals surface area contributed by atoms with Crippen LogP contribution in [0.1, 0.15) is 32.1 Å². The number of hydrogen-bond donors (Lipinski definition) is 1. The van der Waals surface area contributed by atoms with Gasteiger partial charge in [-0.2, -0.15) is 26.3 Å². The first-order valence-electron chi connectivity index (χ1n) is 6.63. The molecule has 0 radical (unpaired) electrons. The summed E-state index contributed by atoms with van der Waals surface area (Å²) in [6.45, 7) is -1.20. The number of nitrogens with zero attached hydrogens (tertiary/aromatic N) is 1. The minimum Gasteiger partial charge on any atom is -0.395 e. The summed E-state index contributed by atoms with van der Waals surface area (Å²) in [6.07, 6.45) is -8.57. The predicted molar refractivity (Wildman–Crippen MR) is 61.3 cm³/mol.